The Kier molecular flexibility index (Phi) is 4.98. The van der Waals surface area contributed by atoms with Gasteiger partial charge in [0.05, 0.1) is 12.2 Å². The number of aliphatic hydroxyl groups excluding tert-OH is 1. The van der Waals surface area contributed by atoms with Crippen LogP contribution in [0.15, 0.2) is 30.3 Å². The zero-order valence-corrected chi connectivity index (χ0v) is 9.46. The fraction of sp³-hybridized carbons (Fsp3) is 0.333. The predicted octanol–water partition coefficient (Wildman–Crippen LogP) is 1.19. The quantitative estimate of drug-likeness (QED) is 0.819. The number of alkyl carbamates (subject to hydrolysis) is 1. The monoisotopic (exact) mass is 234 g/mol. The van der Waals surface area contributed by atoms with Crippen molar-refractivity contribution in [1.29, 1.82) is 5.26 Å². The molecule has 2 N–H and O–H groups in total. The highest BCUT2D eigenvalue weighted by atomic mass is 16.5. The highest BCUT2D eigenvalue weighted by Gasteiger charge is 2.17. The van der Waals surface area contributed by atoms with Crippen LogP contribution in [0.4, 0.5) is 4.79 Å². The van der Waals surface area contributed by atoms with E-state index in [1.165, 1.54) is 6.92 Å². The number of benzene rings is 1. The molecule has 0 fully saturated rings. The van der Waals surface area contributed by atoms with Crippen molar-refractivity contribution < 1.29 is 14.6 Å². The number of carbonyl (C=O) groups is 1. The number of nitrogens with zero attached hydrogens (tertiary/aromatic N) is 1. The Morgan fingerprint density at radius 3 is 2.71 bits per heavy atom. The summed E-state index contributed by atoms with van der Waals surface area (Å²) in [6.45, 7) is 1.55. The standard InChI is InChI=1S/C12H14N2O3/c1-9(15)11(7-13)14-12(16)17-8-10-5-3-2-4-6-10/h2-6,9,11,15H,8H2,1H3,(H,14,16)/t9-,11-/m1/s1. The van der Waals surface area contributed by atoms with E-state index < -0.39 is 18.2 Å². The highest BCUT2D eigenvalue weighted by molar-refractivity contribution is 5.68. The Labute approximate surface area is 99.6 Å². The lowest BCUT2D eigenvalue weighted by molar-refractivity contribution is 0.120. The molecule has 90 valence electrons. The molecule has 0 saturated carbocycles. The van der Waals surface area contributed by atoms with Crippen molar-refractivity contribution >= 4 is 6.09 Å². The van der Waals surface area contributed by atoms with E-state index in [2.05, 4.69) is 5.32 Å². The second-order valence-electron chi connectivity index (χ2n) is 3.55. The fourth-order valence-electron chi connectivity index (χ4n) is 1.15. The molecule has 1 aromatic carbocycles. The lowest BCUT2D eigenvalue weighted by atomic mass is 10.2. The number of hydrogen-bond acceptors (Lipinski definition) is 4. The number of hydrogen-bond donors (Lipinski definition) is 2. The molecule has 17 heavy (non-hydrogen) atoms. The minimum atomic E-state index is -0.960. The highest BCUT2D eigenvalue weighted by Crippen LogP contribution is 2.01. The summed E-state index contributed by atoms with van der Waals surface area (Å²) in [6, 6.07) is 9.99. The van der Waals surface area contributed by atoms with Crippen molar-refractivity contribution in [3.63, 3.8) is 0 Å². The van der Waals surface area contributed by atoms with Crippen LogP contribution < -0.4 is 5.32 Å². The van der Waals surface area contributed by atoms with E-state index in [4.69, 9.17) is 15.1 Å². The van der Waals surface area contributed by atoms with Gasteiger partial charge in [-0.15, -0.1) is 0 Å². The van der Waals surface area contributed by atoms with Crippen molar-refractivity contribution in [2.75, 3.05) is 0 Å². The zero-order chi connectivity index (χ0) is 12.7. The molecule has 1 aromatic rings. The summed E-state index contributed by atoms with van der Waals surface area (Å²) in [5.74, 6) is 0. The maximum Gasteiger partial charge on any atom is 0.408 e. The van der Waals surface area contributed by atoms with Gasteiger partial charge in [0.15, 0.2) is 0 Å². The first-order chi connectivity index (χ1) is 8.13. The number of ether oxygens (including phenoxy) is 1. The molecule has 0 aromatic heterocycles. The first kappa shape index (κ1) is 13.0. The number of rotatable bonds is 4. The number of amides is 1. The summed E-state index contributed by atoms with van der Waals surface area (Å²) >= 11 is 0. The molecule has 0 spiro atoms. The minimum absolute atomic E-state index is 0.130. The van der Waals surface area contributed by atoms with Gasteiger partial charge in [-0.05, 0) is 12.5 Å². The zero-order valence-electron chi connectivity index (χ0n) is 9.46. The van der Waals surface area contributed by atoms with Crippen LogP contribution in [0.5, 0.6) is 0 Å². The smallest absolute Gasteiger partial charge is 0.408 e. The van der Waals surface area contributed by atoms with Crippen LogP contribution in [0.25, 0.3) is 0 Å². The molecule has 0 saturated heterocycles. The average Bonchev–Trinajstić information content (AvgIpc) is 2.34. The first-order valence-corrected chi connectivity index (χ1v) is 5.18. The van der Waals surface area contributed by atoms with Crippen molar-refractivity contribution in [2.24, 2.45) is 0 Å². The van der Waals surface area contributed by atoms with Crippen LogP contribution in [0.2, 0.25) is 0 Å². The molecule has 0 aliphatic heterocycles. The molecule has 5 heteroatoms. The minimum Gasteiger partial charge on any atom is -0.445 e. The van der Waals surface area contributed by atoms with E-state index in [0.29, 0.717) is 0 Å². The molecule has 0 radical (unpaired) electrons. The Morgan fingerprint density at radius 1 is 1.53 bits per heavy atom. The molecule has 1 rings (SSSR count). The summed E-state index contributed by atoms with van der Waals surface area (Å²) in [5.41, 5.74) is 0.855. The van der Waals surface area contributed by atoms with Crippen LogP contribution >= 0.6 is 0 Å². The Balaban J connectivity index is 2.38. The fourth-order valence-corrected chi connectivity index (χ4v) is 1.15. The van der Waals surface area contributed by atoms with Crippen molar-refractivity contribution in [3.8, 4) is 6.07 Å². The molecule has 0 heterocycles. The van der Waals surface area contributed by atoms with E-state index in [9.17, 15) is 4.79 Å². The van der Waals surface area contributed by atoms with Gasteiger partial charge in [-0.2, -0.15) is 5.26 Å². The number of carbonyl (C=O) groups excluding carboxylic acids is 1. The van der Waals surface area contributed by atoms with Crippen LogP contribution in [-0.2, 0) is 11.3 Å². The topological polar surface area (TPSA) is 82.4 Å². The molecule has 5 nitrogen and oxygen atoms in total. The van der Waals surface area contributed by atoms with Gasteiger partial charge in [-0.25, -0.2) is 4.79 Å². The lowest BCUT2D eigenvalue weighted by Crippen LogP contribution is -2.41. The van der Waals surface area contributed by atoms with Crippen LogP contribution in [0.3, 0.4) is 0 Å². The summed E-state index contributed by atoms with van der Waals surface area (Å²) in [4.78, 5) is 11.3. The van der Waals surface area contributed by atoms with E-state index >= 15 is 0 Å². The van der Waals surface area contributed by atoms with Crippen molar-refractivity contribution in [1.82, 2.24) is 5.32 Å². The van der Waals surface area contributed by atoms with Crippen LogP contribution in [0, 0.1) is 11.3 Å². The molecule has 2 atom stereocenters. The molecule has 0 aliphatic carbocycles. The summed E-state index contributed by atoms with van der Waals surface area (Å²) in [6.07, 6.45) is -1.66. The third-order valence-electron chi connectivity index (χ3n) is 2.11. The van der Waals surface area contributed by atoms with Gasteiger partial charge >= 0.3 is 6.09 Å². The van der Waals surface area contributed by atoms with Crippen LogP contribution in [-0.4, -0.2) is 23.3 Å². The lowest BCUT2D eigenvalue weighted by Gasteiger charge is -2.13. The summed E-state index contributed by atoms with van der Waals surface area (Å²) in [7, 11) is 0. The van der Waals surface area contributed by atoms with E-state index in [1.54, 1.807) is 6.07 Å². The van der Waals surface area contributed by atoms with Gasteiger partial charge in [0.2, 0.25) is 0 Å². The second-order valence-corrected chi connectivity index (χ2v) is 3.55. The Bertz CT molecular complexity index is 398. The SMILES string of the molecule is C[C@@H](O)[C@@H](C#N)NC(=O)OCc1ccccc1. The third-order valence-corrected chi connectivity index (χ3v) is 2.11. The molecule has 0 bridgehead atoms. The maximum absolute atomic E-state index is 11.3. The van der Waals surface area contributed by atoms with Crippen molar-refractivity contribution in [2.45, 2.75) is 25.7 Å². The van der Waals surface area contributed by atoms with Crippen LogP contribution in [0.1, 0.15) is 12.5 Å². The average molecular weight is 234 g/mol. The third kappa shape index (κ3) is 4.53. The van der Waals surface area contributed by atoms with Gasteiger partial charge in [0.1, 0.15) is 12.6 Å². The van der Waals surface area contributed by atoms with Gasteiger partial charge in [0.25, 0.3) is 0 Å². The molecule has 0 unspecified atom stereocenters. The second kappa shape index (κ2) is 6.51. The van der Waals surface area contributed by atoms with Crippen molar-refractivity contribution in [3.05, 3.63) is 35.9 Å². The van der Waals surface area contributed by atoms with E-state index in [-0.39, 0.29) is 6.61 Å². The van der Waals surface area contributed by atoms with Gasteiger partial charge in [0, 0.05) is 0 Å². The number of nitrogens with one attached hydrogen (secondary N) is 1. The maximum atomic E-state index is 11.3. The molecule has 1 amide bonds. The Morgan fingerprint density at radius 2 is 2.18 bits per heavy atom. The summed E-state index contributed by atoms with van der Waals surface area (Å²) < 4.78 is 4.90. The van der Waals surface area contributed by atoms with Gasteiger partial charge in [-0.1, -0.05) is 30.3 Å². The largest absolute Gasteiger partial charge is 0.445 e. The van der Waals surface area contributed by atoms with Gasteiger partial charge < -0.3 is 15.2 Å². The normalized spacial score (nSPS) is 13.2. The van der Waals surface area contributed by atoms with Gasteiger partial charge in [-0.3, -0.25) is 0 Å². The first-order valence-electron chi connectivity index (χ1n) is 5.18. The number of nitriles is 1. The number of aliphatic hydroxyl groups is 1. The van der Waals surface area contributed by atoms with E-state index in [0.717, 1.165) is 5.56 Å². The predicted molar refractivity (Wildman–Crippen MR) is 60.8 cm³/mol. The van der Waals surface area contributed by atoms with E-state index in [1.807, 2.05) is 30.3 Å². The molecule has 0 aliphatic rings. The Hall–Kier alpha value is -2.06. The molecular weight excluding hydrogens is 220 g/mol. The summed E-state index contributed by atoms with van der Waals surface area (Å²) in [5, 5.41) is 20.1. The molecular formula is C12H14N2O3.